The second kappa shape index (κ2) is 9.28. The van der Waals surface area contributed by atoms with Crippen LogP contribution in [0.15, 0.2) is 52.2 Å². The van der Waals surface area contributed by atoms with Crippen molar-refractivity contribution in [2.45, 2.75) is 37.6 Å². The molecule has 1 saturated heterocycles. The Morgan fingerprint density at radius 1 is 1.18 bits per heavy atom. The molecule has 1 atom stereocenters. The smallest absolute Gasteiger partial charge is 0.308 e. The van der Waals surface area contributed by atoms with Crippen LogP contribution >= 0.6 is 11.3 Å². The molecule has 0 aliphatic carbocycles. The van der Waals surface area contributed by atoms with Gasteiger partial charge in [-0.05, 0) is 69.2 Å². The van der Waals surface area contributed by atoms with Gasteiger partial charge in [0.15, 0.2) is 0 Å². The van der Waals surface area contributed by atoms with E-state index >= 15 is 0 Å². The third kappa shape index (κ3) is 4.68. The van der Waals surface area contributed by atoms with E-state index in [1.807, 2.05) is 19.9 Å². The SMILES string of the molecule is COc1ccc(S(=O)(=O)N2CCC[C@H](C(=O)Nc3ccc4c(c3)sc(=O)n4C(C)C)C2)cc1. The topological polar surface area (TPSA) is 97.7 Å². The van der Waals surface area contributed by atoms with Crippen LogP contribution < -0.4 is 14.9 Å². The average Bonchev–Trinajstić information content (AvgIpc) is 3.14. The number of fused-ring (bicyclic) bond motifs is 1. The number of piperidine rings is 1. The summed E-state index contributed by atoms with van der Waals surface area (Å²) in [4.78, 5) is 25.4. The molecule has 0 bridgehead atoms. The number of thiazole rings is 1. The summed E-state index contributed by atoms with van der Waals surface area (Å²) in [5.74, 6) is -0.100. The molecule has 2 aromatic carbocycles. The first-order valence-corrected chi connectivity index (χ1v) is 13.1. The van der Waals surface area contributed by atoms with Crippen LogP contribution in [-0.4, -0.2) is 43.4 Å². The van der Waals surface area contributed by atoms with Crippen LogP contribution in [0.3, 0.4) is 0 Å². The second-order valence-corrected chi connectivity index (χ2v) is 11.3. The van der Waals surface area contributed by atoms with Crippen molar-refractivity contribution in [2.24, 2.45) is 5.92 Å². The highest BCUT2D eigenvalue weighted by atomic mass is 32.2. The fraction of sp³-hybridized carbons (Fsp3) is 0.391. The third-order valence-corrected chi connectivity index (χ3v) is 8.65. The average molecular weight is 490 g/mol. The Labute approximate surface area is 196 Å². The molecule has 10 heteroatoms. The summed E-state index contributed by atoms with van der Waals surface area (Å²) >= 11 is 1.15. The lowest BCUT2D eigenvalue weighted by Crippen LogP contribution is -2.43. The Kier molecular flexibility index (Phi) is 6.60. The molecular formula is C23H27N3O5S2. The van der Waals surface area contributed by atoms with Crippen LogP contribution in [0.4, 0.5) is 5.69 Å². The zero-order chi connectivity index (χ0) is 23.8. The quantitative estimate of drug-likeness (QED) is 0.570. The Bertz CT molecular complexity index is 1330. The summed E-state index contributed by atoms with van der Waals surface area (Å²) in [5, 5.41) is 2.91. The summed E-state index contributed by atoms with van der Waals surface area (Å²) in [6.07, 6.45) is 1.21. The number of benzene rings is 2. The maximum absolute atomic E-state index is 13.1. The van der Waals surface area contributed by atoms with E-state index in [0.717, 1.165) is 21.6 Å². The van der Waals surface area contributed by atoms with Crippen LogP contribution in [0.2, 0.25) is 0 Å². The molecule has 4 rings (SSSR count). The van der Waals surface area contributed by atoms with E-state index in [0.29, 0.717) is 30.8 Å². The van der Waals surface area contributed by atoms with Crippen LogP contribution in [0.5, 0.6) is 5.75 Å². The van der Waals surface area contributed by atoms with Gasteiger partial charge in [0.2, 0.25) is 15.9 Å². The number of ether oxygens (including phenoxy) is 1. The fourth-order valence-corrected chi connectivity index (χ4v) is 6.70. The maximum Gasteiger partial charge on any atom is 0.308 e. The van der Waals surface area contributed by atoms with Gasteiger partial charge in [-0.3, -0.25) is 14.2 Å². The molecule has 8 nitrogen and oxygen atoms in total. The number of nitrogens with one attached hydrogen (secondary N) is 1. The van der Waals surface area contributed by atoms with Crippen molar-refractivity contribution < 1.29 is 17.9 Å². The van der Waals surface area contributed by atoms with Gasteiger partial charge in [-0.15, -0.1) is 0 Å². The maximum atomic E-state index is 13.1. The van der Waals surface area contributed by atoms with Crippen LogP contribution in [0.1, 0.15) is 32.7 Å². The van der Waals surface area contributed by atoms with Crippen LogP contribution in [0, 0.1) is 5.92 Å². The van der Waals surface area contributed by atoms with Gasteiger partial charge in [0.1, 0.15) is 5.75 Å². The third-order valence-electron chi connectivity index (χ3n) is 5.85. The second-order valence-electron chi connectivity index (χ2n) is 8.38. The van der Waals surface area contributed by atoms with Crippen molar-refractivity contribution in [3.8, 4) is 5.75 Å². The molecule has 3 aromatic rings. The molecule has 1 aliphatic heterocycles. The van der Waals surface area contributed by atoms with E-state index in [-0.39, 0.29) is 28.3 Å². The highest BCUT2D eigenvalue weighted by molar-refractivity contribution is 7.89. The van der Waals surface area contributed by atoms with E-state index < -0.39 is 15.9 Å². The van der Waals surface area contributed by atoms with Crippen molar-refractivity contribution in [3.05, 3.63) is 52.1 Å². The molecule has 1 aromatic heterocycles. The minimum atomic E-state index is -3.70. The minimum absolute atomic E-state index is 0.0323. The van der Waals surface area contributed by atoms with Crippen molar-refractivity contribution >= 4 is 43.2 Å². The van der Waals surface area contributed by atoms with Gasteiger partial charge < -0.3 is 10.1 Å². The van der Waals surface area contributed by atoms with Crippen molar-refractivity contribution in [1.82, 2.24) is 8.87 Å². The standard InChI is InChI=1S/C23H27N3O5S2/c1-15(2)26-20-11-6-17(13-21(20)32-23(26)28)24-22(27)16-5-4-12-25(14-16)33(29,30)19-9-7-18(31-3)8-10-19/h6-11,13,15-16H,4-5,12,14H2,1-3H3,(H,24,27)/t16-/m0/s1. The fourth-order valence-electron chi connectivity index (χ4n) is 4.12. The summed E-state index contributed by atoms with van der Waals surface area (Å²) < 4.78 is 35.2. The summed E-state index contributed by atoms with van der Waals surface area (Å²) in [5.41, 5.74) is 1.44. The number of aromatic nitrogens is 1. The number of nitrogens with zero attached hydrogens (tertiary/aromatic N) is 2. The van der Waals surface area contributed by atoms with Crippen LogP contribution in [-0.2, 0) is 14.8 Å². The summed E-state index contributed by atoms with van der Waals surface area (Å²) in [6, 6.07) is 11.7. The van der Waals surface area contributed by atoms with Gasteiger partial charge in [0, 0.05) is 24.8 Å². The van der Waals surface area contributed by atoms with Gasteiger partial charge in [-0.1, -0.05) is 11.3 Å². The van der Waals surface area contributed by atoms with Crippen LogP contribution in [0.25, 0.3) is 10.2 Å². The van der Waals surface area contributed by atoms with E-state index in [1.165, 1.54) is 23.5 Å². The number of carbonyl (C=O) groups excluding carboxylic acids is 1. The predicted octanol–water partition coefficient (Wildman–Crippen LogP) is 3.69. The predicted molar refractivity (Wildman–Crippen MR) is 130 cm³/mol. The monoisotopic (exact) mass is 489 g/mol. The number of anilines is 1. The molecule has 0 unspecified atom stereocenters. The molecule has 0 spiro atoms. The Morgan fingerprint density at radius 2 is 1.91 bits per heavy atom. The molecular weight excluding hydrogens is 462 g/mol. The minimum Gasteiger partial charge on any atom is -0.497 e. The zero-order valence-electron chi connectivity index (χ0n) is 18.8. The zero-order valence-corrected chi connectivity index (χ0v) is 20.4. The van der Waals surface area contributed by atoms with Gasteiger partial charge >= 0.3 is 4.87 Å². The molecule has 2 heterocycles. The molecule has 176 valence electrons. The number of carbonyl (C=O) groups is 1. The lowest BCUT2D eigenvalue weighted by atomic mass is 9.98. The highest BCUT2D eigenvalue weighted by Gasteiger charge is 2.33. The van der Waals surface area contributed by atoms with E-state index in [2.05, 4.69) is 5.32 Å². The number of hydrogen-bond donors (Lipinski definition) is 1. The Morgan fingerprint density at radius 3 is 2.58 bits per heavy atom. The van der Waals surface area contributed by atoms with Crippen molar-refractivity contribution in [2.75, 3.05) is 25.5 Å². The summed E-state index contributed by atoms with van der Waals surface area (Å²) in [7, 11) is -2.18. The molecule has 0 saturated carbocycles. The first-order chi connectivity index (χ1) is 15.7. The summed E-state index contributed by atoms with van der Waals surface area (Å²) in [6.45, 7) is 4.41. The number of rotatable bonds is 6. The molecule has 0 radical (unpaired) electrons. The Balaban J connectivity index is 1.49. The molecule has 1 fully saturated rings. The highest BCUT2D eigenvalue weighted by Crippen LogP contribution is 2.28. The Hall–Kier alpha value is -2.69. The number of methoxy groups -OCH3 is 1. The molecule has 1 aliphatic rings. The van der Waals surface area contributed by atoms with E-state index in [1.54, 1.807) is 28.8 Å². The van der Waals surface area contributed by atoms with Crippen molar-refractivity contribution in [1.29, 1.82) is 0 Å². The largest absolute Gasteiger partial charge is 0.497 e. The molecule has 1 amide bonds. The van der Waals surface area contributed by atoms with Gasteiger partial charge in [-0.25, -0.2) is 8.42 Å². The van der Waals surface area contributed by atoms with E-state index in [4.69, 9.17) is 4.74 Å². The molecule has 1 N–H and O–H groups in total. The first-order valence-electron chi connectivity index (χ1n) is 10.8. The number of amides is 1. The van der Waals surface area contributed by atoms with Crippen molar-refractivity contribution in [3.63, 3.8) is 0 Å². The van der Waals surface area contributed by atoms with Gasteiger partial charge in [0.25, 0.3) is 0 Å². The first kappa shape index (κ1) is 23.5. The van der Waals surface area contributed by atoms with E-state index in [9.17, 15) is 18.0 Å². The van der Waals surface area contributed by atoms with Gasteiger partial charge in [0.05, 0.1) is 28.1 Å². The number of hydrogen-bond acceptors (Lipinski definition) is 6. The molecule has 33 heavy (non-hydrogen) atoms. The lowest BCUT2D eigenvalue weighted by Gasteiger charge is -2.31. The normalized spacial score (nSPS) is 17.4. The lowest BCUT2D eigenvalue weighted by molar-refractivity contribution is -0.120. The number of sulfonamides is 1. The van der Waals surface area contributed by atoms with Gasteiger partial charge in [-0.2, -0.15) is 4.31 Å².